The highest BCUT2D eigenvalue weighted by Gasteiger charge is 2.15. The lowest BCUT2D eigenvalue weighted by Gasteiger charge is -1.89. The summed E-state index contributed by atoms with van der Waals surface area (Å²) in [5.74, 6) is 0. The van der Waals surface area contributed by atoms with Crippen molar-refractivity contribution in [3.63, 3.8) is 0 Å². The van der Waals surface area contributed by atoms with Gasteiger partial charge in [0.25, 0.3) is 9.05 Å². The Bertz CT molecular complexity index is 593. The van der Waals surface area contributed by atoms with Gasteiger partial charge in [-0.25, -0.2) is 8.42 Å². The molecular weight excluding hydrogens is 310 g/mol. The number of fused-ring (bicyclic) bond motifs is 1. The van der Waals surface area contributed by atoms with E-state index >= 15 is 0 Å². The van der Waals surface area contributed by atoms with Crippen LogP contribution in [0.5, 0.6) is 0 Å². The minimum atomic E-state index is -3.64. The van der Waals surface area contributed by atoms with Crippen LogP contribution in [0.4, 0.5) is 0 Å². The number of rotatable bonds is 1. The third-order valence-electron chi connectivity index (χ3n) is 1.62. The molecule has 7 heteroatoms. The van der Waals surface area contributed by atoms with Crippen molar-refractivity contribution in [1.82, 2.24) is 4.98 Å². The zero-order valence-electron chi connectivity index (χ0n) is 6.57. The molecule has 14 heavy (non-hydrogen) atoms. The van der Waals surface area contributed by atoms with Crippen molar-refractivity contribution in [2.24, 2.45) is 0 Å². The molecule has 74 valence electrons. The fourth-order valence-corrected chi connectivity index (χ4v) is 3.73. The van der Waals surface area contributed by atoms with Gasteiger partial charge in [-0.2, -0.15) is 0 Å². The van der Waals surface area contributed by atoms with E-state index < -0.39 is 9.05 Å². The minimum Gasteiger partial charge on any atom is -0.262 e. The van der Waals surface area contributed by atoms with Gasteiger partial charge in [-0.15, -0.1) is 11.3 Å². The average molecular weight is 313 g/mol. The van der Waals surface area contributed by atoms with E-state index in [0.29, 0.717) is 0 Å². The lowest BCUT2D eigenvalue weighted by molar-refractivity contribution is 0.611. The first-order valence-electron chi connectivity index (χ1n) is 3.46. The fraction of sp³-hybridized carbons (Fsp3) is 0. The smallest absolute Gasteiger partial charge is 0.262 e. The molecule has 0 aromatic carbocycles. The maximum absolute atomic E-state index is 11.1. The van der Waals surface area contributed by atoms with Crippen LogP contribution in [0.25, 0.3) is 10.1 Å². The summed E-state index contributed by atoms with van der Waals surface area (Å²) in [5, 5.41) is 0.809. The number of aromatic nitrogens is 1. The SMILES string of the molecule is O=S(=O)(Cl)c1cc2c(Br)cncc2s1. The normalized spacial score (nSPS) is 12.1. The van der Waals surface area contributed by atoms with E-state index in [4.69, 9.17) is 10.7 Å². The van der Waals surface area contributed by atoms with E-state index in [2.05, 4.69) is 20.9 Å². The lowest BCUT2D eigenvalue weighted by atomic mass is 10.3. The van der Waals surface area contributed by atoms with Gasteiger partial charge in [-0.1, -0.05) is 0 Å². The molecule has 0 spiro atoms. The Hall–Kier alpha value is -0.170. The monoisotopic (exact) mass is 311 g/mol. The van der Waals surface area contributed by atoms with Crippen LogP contribution in [0.3, 0.4) is 0 Å². The summed E-state index contributed by atoms with van der Waals surface area (Å²) in [6.07, 6.45) is 3.22. The fourth-order valence-electron chi connectivity index (χ4n) is 1.02. The molecule has 0 aliphatic carbocycles. The van der Waals surface area contributed by atoms with Gasteiger partial charge in [-0.05, 0) is 22.0 Å². The first kappa shape index (κ1) is 10.4. The second-order valence-corrected chi connectivity index (χ2v) is 7.27. The van der Waals surface area contributed by atoms with Crippen molar-refractivity contribution >= 4 is 57.1 Å². The molecule has 2 aromatic rings. The molecule has 0 unspecified atom stereocenters. The Balaban J connectivity index is 2.81. The summed E-state index contributed by atoms with van der Waals surface area (Å²) in [5.41, 5.74) is 0. The average Bonchev–Trinajstić information content (AvgIpc) is 2.48. The van der Waals surface area contributed by atoms with Crippen molar-refractivity contribution < 1.29 is 8.42 Å². The zero-order chi connectivity index (χ0) is 10.3. The van der Waals surface area contributed by atoms with Crippen LogP contribution in [0.2, 0.25) is 0 Å². The standard InChI is InChI=1S/C7H3BrClNO2S2/c8-5-2-10-3-6-4(5)1-7(13-6)14(9,11)12/h1-3H. The first-order valence-corrected chi connectivity index (χ1v) is 7.38. The zero-order valence-corrected chi connectivity index (χ0v) is 10.5. The molecule has 0 atom stereocenters. The second-order valence-electron chi connectivity index (χ2n) is 2.54. The Morgan fingerprint density at radius 1 is 1.43 bits per heavy atom. The predicted octanol–water partition coefficient (Wildman–Crippen LogP) is 2.99. The van der Waals surface area contributed by atoms with E-state index in [1.54, 1.807) is 12.4 Å². The summed E-state index contributed by atoms with van der Waals surface area (Å²) >= 11 is 4.39. The number of hydrogen-bond acceptors (Lipinski definition) is 4. The van der Waals surface area contributed by atoms with E-state index in [0.717, 1.165) is 25.9 Å². The van der Waals surface area contributed by atoms with Crippen LogP contribution in [-0.4, -0.2) is 13.4 Å². The van der Waals surface area contributed by atoms with Gasteiger partial charge in [0.05, 0.1) is 4.70 Å². The van der Waals surface area contributed by atoms with E-state index in [-0.39, 0.29) is 4.21 Å². The van der Waals surface area contributed by atoms with Crippen molar-refractivity contribution in [2.45, 2.75) is 4.21 Å². The predicted molar refractivity (Wildman–Crippen MR) is 60.4 cm³/mol. The van der Waals surface area contributed by atoms with Crippen molar-refractivity contribution in [3.05, 3.63) is 22.9 Å². The van der Waals surface area contributed by atoms with Crippen LogP contribution in [0.15, 0.2) is 27.1 Å². The molecule has 0 amide bonds. The topological polar surface area (TPSA) is 47.0 Å². The van der Waals surface area contributed by atoms with Crippen LogP contribution in [0.1, 0.15) is 0 Å². The highest BCUT2D eigenvalue weighted by Crippen LogP contribution is 2.34. The maximum atomic E-state index is 11.1. The molecule has 2 aromatic heterocycles. The molecule has 0 aliphatic rings. The van der Waals surface area contributed by atoms with Gasteiger partial charge >= 0.3 is 0 Å². The maximum Gasteiger partial charge on any atom is 0.270 e. The highest BCUT2D eigenvalue weighted by molar-refractivity contribution is 9.10. The van der Waals surface area contributed by atoms with Crippen LogP contribution in [-0.2, 0) is 9.05 Å². The molecule has 0 radical (unpaired) electrons. The summed E-state index contributed by atoms with van der Waals surface area (Å²) in [6, 6.07) is 1.54. The van der Waals surface area contributed by atoms with Gasteiger partial charge in [0, 0.05) is 32.9 Å². The van der Waals surface area contributed by atoms with Crippen molar-refractivity contribution in [3.8, 4) is 0 Å². The highest BCUT2D eigenvalue weighted by atomic mass is 79.9. The van der Waals surface area contributed by atoms with Gasteiger partial charge in [-0.3, -0.25) is 4.98 Å². The van der Waals surface area contributed by atoms with Crippen LogP contribution in [0, 0.1) is 0 Å². The van der Waals surface area contributed by atoms with Crippen LogP contribution < -0.4 is 0 Å². The third kappa shape index (κ3) is 1.79. The molecule has 0 N–H and O–H groups in total. The van der Waals surface area contributed by atoms with Crippen molar-refractivity contribution in [2.75, 3.05) is 0 Å². The number of hydrogen-bond donors (Lipinski definition) is 0. The Labute approximate surface area is 97.3 Å². The van der Waals surface area contributed by atoms with E-state index in [1.165, 1.54) is 6.07 Å². The van der Waals surface area contributed by atoms with Gasteiger partial charge in [0.1, 0.15) is 4.21 Å². The molecular formula is C7H3BrClNO2S2. The van der Waals surface area contributed by atoms with Gasteiger partial charge in [0.2, 0.25) is 0 Å². The molecule has 3 nitrogen and oxygen atoms in total. The number of halogens is 2. The third-order valence-corrected chi connectivity index (χ3v) is 5.39. The first-order chi connectivity index (χ1) is 6.48. The molecule has 0 aliphatic heterocycles. The van der Waals surface area contributed by atoms with Gasteiger partial charge < -0.3 is 0 Å². The molecule has 0 saturated heterocycles. The molecule has 0 saturated carbocycles. The number of pyridine rings is 1. The summed E-state index contributed by atoms with van der Waals surface area (Å²) < 4.78 is 23.8. The largest absolute Gasteiger partial charge is 0.270 e. The summed E-state index contributed by atoms with van der Waals surface area (Å²) in [6.45, 7) is 0. The van der Waals surface area contributed by atoms with E-state index in [9.17, 15) is 8.42 Å². The van der Waals surface area contributed by atoms with Crippen LogP contribution >= 0.6 is 37.9 Å². The second kappa shape index (κ2) is 3.44. The minimum absolute atomic E-state index is 0.142. The molecule has 2 heterocycles. The molecule has 0 fully saturated rings. The number of thiophene rings is 1. The molecule has 0 bridgehead atoms. The quantitative estimate of drug-likeness (QED) is 0.761. The van der Waals surface area contributed by atoms with Gasteiger partial charge in [0.15, 0.2) is 0 Å². The molecule has 2 rings (SSSR count). The number of nitrogens with zero attached hydrogens (tertiary/aromatic N) is 1. The Morgan fingerprint density at radius 3 is 2.71 bits per heavy atom. The van der Waals surface area contributed by atoms with Crippen molar-refractivity contribution in [1.29, 1.82) is 0 Å². The lowest BCUT2D eigenvalue weighted by Crippen LogP contribution is -1.83. The Morgan fingerprint density at radius 2 is 2.14 bits per heavy atom. The summed E-state index contributed by atoms with van der Waals surface area (Å²) in [4.78, 5) is 3.93. The Kier molecular flexibility index (Phi) is 2.55. The summed E-state index contributed by atoms with van der Waals surface area (Å²) in [7, 11) is 1.59. The van der Waals surface area contributed by atoms with E-state index in [1.807, 2.05) is 0 Å².